The number of ether oxygens (including phenoxy) is 1. The minimum absolute atomic E-state index is 0.0390. The van der Waals surface area contributed by atoms with Crippen molar-refractivity contribution >= 4 is 29.3 Å². The molecular weight excluding hydrogens is 496 g/mol. The van der Waals surface area contributed by atoms with Gasteiger partial charge in [-0.25, -0.2) is 4.90 Å². The lowest BCUT2D eigenvalue weighted by atomic mass is 9.51. The highest BCUT2D eigenvalue weighted by atomic mass is 16.5. The second kappa shape index (κ2) is 9.07. The summed E-state index contributed by atoms with van der Waals surface area (Å²) >= 11 is 0. The van der Waals surface area contributed by atoms with Crippen molar-refractivity contribution in [2.45, 2.75) is 39.0 Å². The number of fused-ring (bicyclic) bond motifs is 4. The van der Waals surface area contributed by atoms with Crippen molar-refractivity contribution in [1.29, 1.82) is 0 Å². The molecule has 0 bridgehead atoms. The summed E-state index contributed by atoms with van der Waals surface area (Å²) < 4.78 is 5.67. The van der Waals surface area contributed by atoms with Crippen LogP contribution in [-0.4, -0.2) is 47.3 Å². The van der Waals surface area contributed by atoms with Crippen molar-refractivity contribution in [1.82, 2.24) is 4.90 Å². The number of rotatable bonds is 5. The second-order valence-electron chi connectivity index (χ2n) is 11.2. The highest BCUT2D eigenvalue weighted by Crippen LogP contribution is 2.65. The number of hydrogen-bond donors (Lipinski definition) is 1. The molecule has 2 aromatic carbocycles. The molecule has 0 radical (unpaired) electrons. The van der Waals surface area contributed by atoms with E-state index in [1.807, 2.05) is 19.1 Å². The van der Waals surface area contributed by atoms with Crippen molar-refractivity contribution in [3.8, 4) is 11.5 Å². The maximum Gasteiger partial charge on any atom is 0.241 e. The number of phenolic OH excluding ortho intramolecular Hbond substituents is 1. The SMILES string of the molecule is CCCN1C(=O)[C@H]2[C@H](CC=C3[C@H]2C[C@H]2C(=O)N(c4ccccc4)C(=O)[C@@]2(C)[C@H]3c2c(O)cccc2OC)C1=O. The molecule has 0 unspecified atom stereocenters. The van der Waals surface area contributed by atoms with E-state index in [0.29, 0.717) is 36.4 Å². The van der Waals surface area contributed by atoms with Crippen LogP contribution < -0.4 is 9.64 Å². The number of hydrogen-bond acceptors (Lipinski definition) is 6. The van der Waals surface area contributed by atoms with Gasteiger partial charge in [-0.1, -0.05) is 42.8 Å². The lowest BCUT2D eigenvalue weighted by Crippen LogP contribution is -2.49. The van der Waals surface area contributed by atoms with E-state index < -0.39 is 35.0 Å². The summed E-state index contributed by atoms with van der Waals surface area (Å²) in [4.78, 5) is 58.0. The van der Waals surface area contributed by atoms with Gasteiger partial charge < -0.3 is 9.84 Å². The zero-order valence-electron chi connectivity index (χ0n) is 22.3. The third-order valence-corrected chi connectivity index (χ3v) is 9.38. The van der Waals surface area contributed by atoms with Crippen molar-refractivity contribution in [3.63, 3.8) is 0 Å². The summed E-state index contributed by atoms with van der Waals surface area (Å²) in [7, 11) is 1.50. The van der Waals surface area contributed by atoms with Gasteiger partial charge in [0, 0.05) is 18.0 Å². The molecule has 202 valence electrons. The van der Waals surface area contributed by atoms with Gasteiger partial charge in [0.2, 0.25) is 23.6 Å². The molecule has 2 saturated heterocycles. The van der Waals surface area contributed by atoms with Gasteiger partial charge in [-0.3, -0.25) is 24.1 Å². The number of nitrogens with zero attached hydrogens (tertiary/aromatic N) is 2. The Morgan fingerprint density at radius 2 is 1.72 bits per heavy atom. The molecule has 0 aromatic heterocycles. The molecule has 2 aromatic rings. The molecule has 8 nitrogen and oxygen atoms in total. The zero-order chi connectivity index (χ0) is 27.6. The number of phenols is 1. The predicted octanol–water partition coefficient (Wildman–Crippen LogP) is 4.04. The Kier molecular flexibility index (Phi) is 5.90. The number of imide groups is 2. The molecule has 4 aliphatic rings. The van der Waals surface area contributed by atoms with Crippen LogP contribution in [0, 0.1) is 29.1 Å². The van der Waals surface area contributed by atoms with E-state index in [0.717, 1.165) is 5.57 Å². The van der Waals surface area contributed by atoms with Crippen LogP contribution in [0.3, 0.4) is 0 Å². The van der Waals surface area contributed by atoms with E-state index in [4.69, 9.17) is 4.74 Å². The number of carbonyl (C=O) groups is 4. The Bertz CT molecular complexity index is 1420. The minimum Gasteiger partial charge on any atom is -0.508 e. The summed E-state index contributed by atoms with van der Waals surface area (Å²) in [5.41, 5.74) is 0.510. The fourth-order valence-corrected chi connectivity index (χ4v) is 7.66. The monoisotopic (exact) mass is 528 g/mol. The van der Waals surface area contributed by atoms with Gasteiger partial charge in [-0.2, -0.15) is 0 Å². The van der Waals surface area contributed by atoms with Crippen molar-refractivity contribution in [2.75, 3.05) is 18.6 Å². The van der Waals surface area contributed by atoms with Crippen LogP contribution in [0.4, 0.5) is 5.69 Å². The summed E-state index contributed by atoms with van der Waals surface area (Å²) in [6, 6.07) is 13.8. The van der Waals surface area contributed by atoms with Gasteiger partial charge in [0.1, 0.15) is 11.5 Å². The van der Waals surface area contributed by atoms with Crippen molar-refractivity contribution in [2.24, 2.45) is 29.1 Å². The van der Waals surface area contributed by atoms with Crippen LogP contribution in [0.1, 0.15) is 44.6 Å². The molecule has 39 heavy (non-hydrogen) atoms. The molecule has 1 N–H and O–H groups in total. The Morgan fingerprint density at radius 1 is 0.974 bits per heavy atom. The molecule has 1 saturated carbocycles. The number of methoxy groups -OCH3 is 1. The van der Waals surface area contributed by atoms with Gasteiger partial charge in [0.05, 0.1) is 36.0 Å². The van der Waals surface area contributed by atoms with E-state index in [2.05, 4.69) is 0 Å². The number of allylic oxidation sites excluding steroid dienone is 2. The molecule has 2 aliphatic carbocycles. The average molecular weight is 529 g/mol. The lowest BCUT2D eigenvalue weighted by Gasteiger charge is -2.49. The van der Waals surface area contributed by atoms with E-state index in [1.54, 1.807) is 49.4 Å². The number of aromatic hydroxyl groups is 1. The summed E-state index contributed by atoms with van der Waals surface area (Å²) in [5.74, 6) is -3.62. The van der Waals surface area contributed by atoms with Crippen LogP contribution >= 0.6 is 0 Å². The van der Waals surface area contributed by atoms with Crippen LogP contribution in [0.2, 0.25) is 0 Å². The van der Waals surface area contributed by atoms with Crippen molar-refractivity contribution < 1.29 is 29.0 Å². The molecule has 6 rings (SSSR count). The highest BCUT2D eigenvalue weighted by Gasteiger charge is 2.68. The maximum atomic E-state index is 14.3. The predicted molar refractivity (Wildman–Crippen MR) is 143 cm³/mol. The van der Waals surface area contributed by atoms with Gasteiger partial charge in [0.15, 0.2) is 0 Å². The van der Waals surface area contributed by atoms with Crippen LogP contribution in [0.15, 0.2) is 60.2 Å². The van der Waals surface area contributed by atoms with Gasteiger partial charge >= 0.3 is 0 Å². The third-order valence-electron chi connectivity index (χ3n) is 9.38. The van der Waals surface area contributed by atoms with Gasteiger partial charge in [0.25, 0.3) is 0 Å². The Balaban J connectivity index is 1.56. The number of anilines is 1. The molecule has 2 aliphatic heterocycles. The number of likely N-dealkylation sites (tertiary alicyclic amines) is 1. The third kappa shape index (κ3) is 3.36. The highest BCUT2D eigenvalue weighted by molar-refractivity contribution is 6.24. The summed E-state index contributed by atoms with van der Waals surface area (Å²) in [5, 5.41) is 11.2. The van der Waals surface area contributed by atoms with Gasteiger partial charge in [-0.15, -0.1) is 0 Å². The topological polar surface area (TPSA) is 104 Å². The first kappa shape index (κ1) is 25.3. The first-order valence-corrected chi connectivity index (χ1v) is 13.6. The number of para-hydroxylation sites is 1. The minimum atomic E-state index is -1.23. The van der Waals surface area contributed by atoms with Crippen LogP contribution in [0.25, 0.3) is 0 Å². The van der Waals surface area contributed by atoms with Crippen LogP contribution in [0.5, 0.6) is 11.5 Å². The summed E-state index contributed by atoms with van der Waals surface area (Å²) in [6.07, 6.45) is 3.30. The Hall–Kier alpha value is -3.94. The average Bonchev–Trinajstić information content (AvgIpc) is 3.29. The standard InChI is InChI=1S/C31H32N2O6/c1-4-15-32-27(35)19-14-13-18-20(24(19)29(32)37)16-21-28(36)33(17-9-6-5-7-10-17)30(38)31(21,2)26(18)25-22(34)11-8-12-23(25)39-3/h5-13,19-21,24,26,34H,4,14-16H2,1-3H3/t19-,20+,21-,24-,26+,31+/m0/s1. The molecule has 6 atom stereocenters. The first-order chi connectivity index (χ1) is 18.7. The smallest absolute Gasteiger partial charge is 0.241 e. The van der Waals surface area contributed by atoms with Crippen LogP contribution in [-0.2, 0) is 19.2 Å². The van der Waals surface area contributed by atoms with E-state index in [1.165, 1.54) is 16.9 Å². The number of carbonyl (C=O) groups excluding carboxylic acids is 4. The fourth-order valence-electron chi connectivity index (χ4n) is 7.66. The lowest BCUT2D eigenvalue weighted by molar-refractivity contribution is -0.140. The van der Waals surface area contributed by atoms with E-state index in [9.17, 15) is 24.3 Å². The Morgan fingerprint density at radius 3 is 2.41 bits per heavy atom. The number of amides is 4. The fraction of sp³-hybridized carbons (Fsp3) is 0.419. The molecule has 4 amide bonds. The molecule has 2 heterocycles. The van der Waals surface area contributed by atoms with E-state index >= 15 is 0 Å². The quantitative estimate of drug-likeness (QED) is 0.464. The maximum absolute atomic E-state index is 14.3. The normalized spacial score (nSPS) is 31.7. The molecule has 0 spiro atoms. The van der Waals surface area contributed by atoms with Crippen molar-refractivity contribution in [3.05, 3.63) is 65.7 Å². The Labute approximate surface area is 227 Å². The number of benzene rings is 2. The largest absolute Gasteiger partial charge is 0.508 e. The van der Waals surface area contributed by atoms with E-state index in [-0.39, 0.29) is 35.8 Å². The summed E-state index contributed by atoms with van der Waals surface area (Å²) in [6.45, 7) is 4.09. The first-order valence-electron chi connectivity index (χ1n) is 13.6. The molecular formula is C31H32N2O6. The zero-order valence-corrected chi connectivity index (χ0v) is 22.3. The molecule has 8 heteroatoms. The molecule has 3 fully saturated rings. The second-order valence-corrected chi connectivity index (χ2v) is 11.2. The van der Waals surface area contributed by atoms with Gasteiger partial charge in [-0.05, 0) is 56.4 Å².